The third kappa shape index (κ3) is 5.34. The topological polar surface area (TPSA) is 81.1 Å². The van der Waals surface area contributed by atoms with Crippen molar-refractivity contribution in [3.63, 3.8) is 0 Å². The molecule has 2 heterocycles. The lowest BCUT2D eigenvalue weighted by molar-refractivity contribution is -0.122. The Hall–Kier alpha value is -2.12. The van der Waals surface area contributed by atoms with E-state index in [4.69, 9.17) is 16.3 Å². The summed E-state index contributed by atoms with van der Waals surface area (Å²) in [4.78, 5) is 15.7. The molecule has 0 aromatic carbocycles. The largest absolute Gasteiger partial charge is 0.383 e. The summed E-state index contributed by atoms with van der Waals surface area (Å²) in [5, 5.41) is 10.6. The average molecular weight is 324 g/mol. The fourth-order valence-corrected chi connectivity index (χ4v) is 1.86. The molecule has 0 saturated carbocycles. The Morgan fingerprint density at radius 1 is 1.41 bits per heavy atom. The third-order valence-electron chi connectivity index (χ3n) is 2.85. The molecule has 1 amide bonds. The van der Waals surface area contributed by atoms with E-state index in [1.54, 1.807) is 36.4 Å². The number of rotatable bonds is 8. The van der Waals surface area contributed by atoms with E-state index in [1.165, 1.54) is 0 Å². The van der Waals surface area contributed by atoms with Crippen molar-refractivity contribution in [2.45, 2.75) is 13.1 Å². The Balaban J connectivity index is 1.78. The van der Waals surface area contributed by atoms with Crippen molar-refractivity contribution in [2.75, 3.05) is 25.6 Å². The first-order valence-corrected chi connectivity index (χ1v) is 7.17. The van der Waals surface area contributed by atoms with Crippen LogP contribution in [0.15, 0.2) is 30.7 Å². The summed E-state index contributed by atoms with van der Waals surface area (Å²) in [5.74, 6) is -0.103. The molecule has 7 nitrogen and oxygen atoms in total. The van der Waals surface area contributed by atoms with Gasteiger partial charge in [0.1, 0.15) is 11.7 Å². The number of aromatic nitrogens is 3. The monoisotopic (exact) mass is 323 g/mol. The molecule has 2 rings (SSSR count). The van der Waals surface area contributed by atoms with Gasteiger partial charge in [-0.3, -0.25) is 9.48 Å². The van der Waals surface area contributed by atoms with Crippen molar-refractivity contribution in [1.29, 1.82) is 0 Å². The molecule has 0 aliphatic rings. The second kappa shape index (κ2) is 8.35. The molecule has 0 unspecified atom stereocenters. The van der Waals surface area contributed by atoms with Crippen molar-refractivity contribution >= 4 is 23.2 Å². The van der Waals surface area contributed by atoms with Crippen LogP contribution in [0.3, 0.4) is 0 Å². The van der Waals surface area contributed by atoms with Crippen molar-refractivity contribution in [1.82, 2.24) is 20.1 Å². The summed E-state index contributed by atoms with van der Waals surface area (Å²) in [6, 6.07) is 3.64. The highest BCUT2D eigenvalue weighted by Gasteiger charge is 2.04. The lowest BCUT2D eigenvalue weighted by Gasteiger charge is -2.05. The van der Waals surface area contributed by atoms with E-state index in [0.717, 1.165) is 11.3 Å². The van der Waals surface area contributed by atoms with Gasteiger partial charge in [0.05, 0.1) is 18.5 Å². The number of hydrogen-bond acceptors (Lipinski definition) is 5. The van der Waals surface area contributed by atoms with Gasteiger partial charge in [0.15, 0.2) is 0 Å². The molecular formula is C14H18ClN5O2. The highest BCUT2D eigenvalue weighted by molar-refractivity contribution is 6.29. The molecule has 0 radical (unpaired) electrons. The SMILES string of the molecule is COCCNC(=O)Cn1cc(NCc2ccc(Cl)nc2)cn1. The van der Waals surface area contributed by atoms with Crippen LogP contribution in [-0.4, -0.2) is 40.9 Å². The third-order valence-corrected chi connectivity index (χ3v) is 3.08. The van der Waals surface area contributed by atoms with Gasteiger partial charge in [-0.25, -0.2) is 4.98 Å². The minimum Gasteiger partial charge on any atom is -0.383 e. The molecule has 118 valence electrons. The standard InChI is InChI=1S/C14H18ClN5O2/c1-22-5-4-16-14(21)10-20-9-12(8-19-20)17-6-11-2-3-13(15)18-7-11/h2-3,7-9,17H,4-6,10H2,1H3,(H,16,21). The average Bonchev–Trinajstić information content (AvgIpc) is 2.94. The molecule has 0 bridgehead atoms. The maximum absolute atomic E-state index is 11.6. The molecule has 2 aromatic heterocycles. The summed E-state index contributed by atoms with van der Waals surface area (Å²) >= 11 is 5.74. The molecule has 0 atom stereocenters. The molecule has 0 aliphatic heterocycles. The van der Waals surface area contributed by atoms with Crippen LogP contribution in [0.25, 0.3) is 0 Å². The Bertz CT molecular complexity index is 600. The summed E-state index contributed by atoms with van der Waals surface area (Å²) in [6.45, 7) is 1.77. The number of anilines is 1. The number of nitrogens with one attached hydrogen (secondary N) is 2. The molecule has 8 heteroatoms. The summed E-state index contributed by atoms with van der Waals surface area (Å²) in [7, 11) is 1.59. The van der Waals surface area contributed by atoms with Crippen molar-refractivity contribution in [3.8, 4) is 0 Å². The lowest BCUT2D eigenvalue weighted by atomic mass is 10.3. The molecule has 2 aromatic rings. The Kier molecular flexibility index (Phi) is 6.17. The summed E-state index contributed by atoms with van der Waals surface area (Å²) in [6.07, 6.45) is 5.16. The number of hydrogen-bond donors (Lipinski definition) is 2. The van der Waals surface area contributed by atoms with Crippen LogP contribution in [0.5, 0.6) is 0 Å². The van der Waals surface area contributed by atoms with Gasteiger partial charge in [0.25, 0.3) is 0 Å². The van der Waals surface area contributed by atoms with Gasteiger partial charge >= 0.3 is 0 Å². The van der Waals surface area contributed by atoms with Gasteiger partial charge in [-0.1, -0.05) is 17.7 Å². The van der Waals surface area contributed by atoms with E-state index in [1.807, 2.05) is 6.07 Å². The fraction of sp³-hybridized carbons (Fsp3) is 0.357. The van der Waals surface area contributed by atoms with Gasteiger partial charge in [0.2, 0.25) is 5.91 Å². The molecule has 0 aliphatic carbocycles. The number of nitrogens with zero attached hydrogens (tertiary/aromatic N) is 3. The maximum Gasteiger partial charge on any atom is 0.241 e. The van der Waals surface area contributed by atoms with E-state index in [2.05, 4.69) is 20.7 Å². The second-order valence-corrected chi connectivity index (χ2v) is 5.00. The van der Waals surface area contributed by atoms with Gasteiger partial charge in [0, 0.05) is 32.6 Å². The van der Waals surface area contributed by atoms with Gasteiger partial charge in [-0.15, -0.1) is 0 Å². The zero-order valence-electron chi connectivity index (χ0n) is 12.3. The smallest absolute Gasteiger partial charge is 0.241 e. The van der Waals surface area contributed by atoms with Gasteiger partial charge in [-0.2, -0.15) is 5.10 Å². The Morgan fingerprint density at radius 2 is 2.27 bits per heavy atom. The van der Waals surface area contributed by atoms with Crippen LogP contribution in [0.4, 0.5) is 5.69 Å². The predicted octanol–water partition coefficient (Wildman–Crippen LogP) is 1.31. The minimum absolute atomic E-state index is 0.103. The van der Waals surface area contributed by atoms with Crippen LogP contribution in [0, 0.1) is 0 Å². The quantitative estimate of drug-likeness (QED) is 0.565. The van der Waals surface area contributed by atoms with E-state index < -0.39 is 0 Å². The number of methoxy groups -OCH3 is 1. The fourth-order valence-electron chi connectivity index (χ4n) is 1.75. The van der Waals surface area contributed by atoms with Crippen LogP contribution in [-0.2, 0) is 22.6 Å². The van der Waals surface area contributed by atoms with Crippen molar-refractivity contribution in [2.24, 2.45) is 0 Å². The molecule has 0 spiro atoms. The van der Waals surface area contributed by atoms with Gasteiger partial charge < -0.3 is 15.4 Å². The zero-order chi connectivity index (χ0) is 15.8. The maximum atomic E-state index is 11.6. The first kappa shape index (κ1) is 16.3. The number of halogens is 1. The van der Waals surface area contributed by atoms with Gasteiger partial charge in [-0.05, 0) is 11.6 Å². The van der Waals surface area contributed by atoms with E-state index in [9.17, 15) is 4.79 Å². The Labute approximate surface area is 133 Å². The minimum atomic E-state index is -0.103. The normalized spacial score (nSPS) is 10.5. The Morgan fingerprint density at radius 3 is 3.00 bits per heavy atom. The second-order valence-electron chi connectivity index (χ2n) is 4.61. The summed E-state index contributed by atoms with van der Waals surface area (Å²) in [5.41, 5.74) is 1.84. The highest BCUT2D eigenvalue weighted by atomic mass is 35.5. The number of pyridine rings is 1. The number of carbonyl (C=O) groups excluding carboxylic acids is 1. The molecule has 2 N–H and O–H groups in total. The number of ether oxygens (including phenoxy) is 1. The van der Waals surface area contributed by atoms with Crippen molar-refractivity contribution < 1.29 is 9.53 Å². The first-order chi connectivity index (χ1) is 10.7. The molecular weight excluding hydrogens is 306 g/mol. The van der Waals surface area contributed by atoms with E-state index >= 15 is 0 Å². The first-order valence-electron chi connectivity index (χ1n) is 6.80. The van der Waals surface area contributed by atoms with E-state index in [-0.39, 0.29) is 12.5 Å². The van der Waals surface area contributed by atoms with Crippen LogP contribution < -0.4 is 10.6 Å². The molecule has 0 saturated heterocycles. The highest BCUT2D eigenvalue weighted by Crippen LogP contribution is 2.09. The predicted molar refractivity (Wildman–Crippen MR) is 83.7 cm³/mol. The van der Waals surface area contributed by atoms with E-state index in [0.29, 0.717) is 24.8 Å². The van der Waals surface area contributed by atoms with Crippen LogP contribution in [0.1, 0.15) is 5.56 Å². The zero-order valence-corrected chi connectivity index (χ0v) is 13.0. The lowest BCUT2D eigenvalue weighted by Crippen LogP contribution is -2.30. The number of carbonyl (C=O) groups is 1. The number of amides is 1. The van der Waals surface area contributed by atoms with Crippen LogP contribution in [0.2, 0.25) is 5.15 Å². The molecule has 0 fully saturated rings. The summed E-state index contributed by atoms with van der Waals surface area (Å²) < 4.78 is 6.44. The molecule has 22 heavy (non-hydrogen) atoms. The van der Waals surface area contributed by atoms with Crippen LogP contribution >= 0.6 is 11.6 Å². The van der Waals surface area contributed by atoms with Crippen molar-refractivity contribution in [3.05, 3.63) is 41.4 Å².